The molecule has 0 aliphatic carbocycles. The van der Waals surface area contributed by atoms with Crippen molar-refractivity contribution in [3.63, 3.8) is 0 Å². The number of aromatic nitrogens is 1. The van der Waals surface area contributed by atoms with Crippen LogP contribution in [0.5, 0.6) is 0 Å². The van der Waals surface area contributed by atoms with E-state index in [-0.39, 0.29) is 43.2 Å². The van der Waals surface area contributed by atoms with Gasteiger partial charge in [-0.1, -0.05) is 6.07 Å². The van der Waals surface area contributed by atoms with Crippen LogP contribution < -0.4 is 10.6 Å². The lowest BCUT2D eigenvalue weighted by atomic mass is 10.1. The van der Waals surface area contributed by atoms with Crippen molar-refractivity contribution < 1.29 is 18.4 Å². The van der Waals surface area contributed by atoms with Gasteiger partial charge in [0, 0.05) is 25.6 Å². The number of rotatable bonds is 7. The van der Waals surface area contributed by atoms with Crippen molar-refractivity contribution in [2.24, 2.45) is 0 Å². The topological polar surface area (TPSA) is 71.1 Å². The number of hydrogen-bond donors (Lipinski definition) is 2. The Kier molecular flexibility index (Phi) is 6.36. The monoisotopic (exact) mass is 333 g/mol. The third-order valence-corrected chi connectivity index (χ3v) is 3.24. The van der Waals surface area contributed by atoms with Crippen LogP contribution in [0.3, 0.4) is 0 Å². The van der Waals surface area contributed by atoms with E-state index in [2.05, 4.69) is 15.6 Å². The summed E-state index contributed by atoms with van der Waals surface area (Å²) in [4.78, 5) is 27.3. The van der Waals surface area contributed by atoms with Gasteiger partial charge < -0.3 is 10.6 Å². The van der Waals surface area contributed by atoms with Crippen molar-refractivity contribution in [2.45, 2.75) is 19.3 Å². The molecular formula is C17H17F2N3O2. The molecule has 1 aromatic carbocycles. The van der Waals surface area contributed by atoms with E-state index in [0.717, 1.165) is 18.2 Å². The molecule has 0 saturated carbocycles. The highest BCUT2D eigenvalue weighted by Gasteiger charge is 2.08. The first-order valence-corrected chi connectivity index (χ1v) is 7.46. The molecule has 0 saturated heterocycles. The molecule has 0 aliphatic rings. The molecule has 0 fully saturated rings. The number of nitrogens with one attached hydrogen (secondary N) is 2. The molecule has 5 nitrogen and oxygen atoms in total. The third kappa shape index (κ3) is 5.75. The van der Waals surface area contributed by atoms with Crippen molar-refractivity contribution in [3.05, 3.63) is 59.8 Å². The van der Waals surface area contributed by atoms with Gasteiger partial charge >= 0.3 is 0 Å². The van der Waals surface area contributed by atoms with Crippen LogP contribution in [-0.2, 0) is 16.0 Å². The summed E-state index contributed by atoms with van der Waals surface area (Å²) in [5, 5.41) is 5.16. The van der Waals surface area contributed by atoms with Gasteiger partial charge in [0.1, 0.15) is 17.5 Å². The Morgan fingerprint density at radius 1 is 1.04 bits per heavy atom. The molecule has 0 spiro atoms. The van der Waals surface area contributed by atoms with E-state index in [1.54, 1.807) is 24.4 Å². The SMILES string of the molecule is O=C(CCc1cc(F)ccc1F)NCCC(=O)Nc1ccccn1. The lowest BCUT2D eigenvalue weighted by molar-refractivity contribution is -0.121. The fraction of sp³-hybridized carbons (Fsp3) is 0.235. The molecule has 2 rings (SSSR count). The van der Waals surface area contributed by atoms with Gasteiger partial charge in [-0.25, -0.2) is 13.8 Å². The van der Waals surface area contributed by atoms with Gasteiger partial charge in [0.2, 0.25) is 11.8 Å². The Bertz CT molecular complexity index is 708. The third-order valence-electron chi connectivity index (χ3n) is 3.24. The highest BCUT2D eigenvalue weighted by atomic mass is 19.1. The number of anilines is 1. The van der Waals surface area contributed by atoms with E-state index < -0.39 is 11.6 Å². The maximum Gasteiger partial charge on any atom is 0.227 e. The Morgan fingerprint density at radius 2 is 1.88 bits per heavy atom. The Morgan fingerprint density at radius 3 is 2.62 bits per heavy atom. The van der Waals surface area contributed by atoms with Crippen molar-refractivity contribution in [1.29, 1.82) is 0 Å². The van der Waals surface area contributed by atoms with E-state index in [9.17, 15) is 18.4 Å². The van der Waals surface area contributed by atoms with Gasteiger partial charge in [0.05, 0.1) is 0 Å². The molecule has 0 unspecified atom stereocenters. The van der Waals surface area contributed by atoms with Crippen LogP contribution in [0.4, 0.5) is 14.6 Å². The Labute approximate surface area is 138 Å². The quantitative estimate of drug-likeness (QED) is 0.817. The van der Waals surface area contributed by atoms with Crippen LogP contribution in [0.1, 0.15) is 18.4 Å². The predicted octanol–water partition coefficient (Wildman–Crippen LogP) is 2.44. The number of nitrogens with zero attached hydrogens (tertiary/aromatic N) is 1. The molecule has 24 heavy (non-hydrogen) atoms. The van der Waals surface area contributed by atoms with Crippen LogP contribution in [0.15, 0.2) is 42.6 Å². The van der Waals surface area contributed by atoms with E-state index >= 15 is 0 Å². The fourth-order valence-electron chi connectivity index (χ4n) is 2.03. The number of benzene rings is 1. The molecule has 1 heterocycles. The highest BCUT2D eigenvalue weighted by molar-refractivity contribution is 5.90. The van der Waals surface area contributed by atoms with Crippen molar-refractivity contribution in [1.82, 2.24) is 10.3 Å². The number of pyridine rings is 1. The minimum atomic E-state index is -0.544. The first-order chi connectivity index (χ1) is 11.5. The lowest BCUT2D eigenvalue weighted by Gasteiger charge is -2.07. The van der Waals surface area contributed by atoms with Crippen LogP contribution in [0.25, 0.3) is 0 Å². The Balaban J connectivity index is 1.68. The van der Waals surface area contributed by atoms with E-state index in [1.807, 2.05) is 0 Å². The summed E-state index contributed by atoms with van der Waals surface area (Å²) in [6, 6.07) is 8.27. The van der Waals surface area contributed by atoms with Crippen molar-refractivity contribution >= 4 is 17.6 Å². The van der Waals surface area contributed by atoms with Gasteiger partial charge in [-0.05, 0) is 42.3 Å². The molecule has 7 heteroatoms. The molecule has 0 aliphatic heterocycles. The predicted molar refractivity (Wildman–Crippen MR) is 85.2 cm³/mol. The summed E-state index contributed by atoms with van der Waals surface area (Å²) in [7, 11) is 0. The van der Waals surface area contributed by atoms with Gasteiger partial charge in [-0.15, -0.1) is 0 Å². The first kappa shape index (κ1) is 17.5. The Hall–Kier alpha value is -2.83. The van der Waals surface area contributed by atoms with Crippen LogP contribution in [0, 0.1) is 11.6 Å². The summed E-state index contributed by atoms with van der Waals surface area (Å²) in [6.07, 6.45) is 1.76. The molecule has 126 valence electrons. The number of carbonyl (C=O) groups excluding carboxylic acids is 2. The summed E-state index contributed by atoms with van der Waals surface area (Å²) in [5.74, 6) is -1.25. The summed E-state index contributed by atoms with van der Waals surface area (Å²) in [6.45, 7) is 0.156. The highest BCUT2D eigenvalue weighted by Crippen LogP contribution is 2.11. The average molecular weight is 333 g/mol. The number of aryl methyl sites for hydroxylation is 1. The standard InChI is InChI=1S/C17H17F2N3O2/c18-13-5-6-14(19)12(11-13)4-7-16(23)21-10-8-17(24)22-15-3-1-2-9-20-15/h1-3,5-6,9,11H,4,7-8,10H2,(H,21,23)(H,20,22,24). The normalized spacial score (nSPS) is 10.2. The molecule has 0 radical (unpaired) electrons. The van der Waals surface area contributed by atoms with Gasteiger partial charge in [-0.2, -0.15) is 0 Å². The lowest BCUT2D eigenvalue weighted by Crippen LogP contribution is -2.28. The van der Waals surface area contributed by atoms with Crippen LogP contribution in [-0.4, -0.2) is 23.3 Å². The molecule has 2 aromatic rings. The molecule has 1 aromatic heterocycles. The molecular weight excluding hydrogens is 316 g/mol. The fourth-order valence-corrected chi connectivity index (χ4v) is 2.03. The largest absolute Gasteiger partial charge is 0.356 e. The number of hydrogen-bond acceptors (Lipinski definition) is 3. The van der Waals surface area contributed by atoms with E-state index in [4.69, 9.17) is 0 Å². The molecule has 0 atom stereocenters. The van der Waals surface area contributed by atoms with Crippen molar-refractivity contribution in [2.75, 3.05) is 11.9 Å². The van der Waals surface area contributed by atoms with Crippen molar-refractivity contribution in [3.8, 4) is 0 Å². The first-order valence-electron chi connectivity index (χ1n) is 7.46. The average Bonchev–Trinajstić information content (AvgIpc) is 2.56. The van der Waals surface area contributed by atoms with E-state index in [0.29, 0.717) is 5.82 Å². The van der Waals surface area contributed by atoms with Crippen LogP contribution >= 0.6 is 0 Å². The molecule has 2 N–H and O–H groups in total. The van der Waals surface area contributed by atoms with Gasteiger partial charge in [0.15, 0.2) is 0 Å². The second-order valence-corrected chi connectivity index (χ2v) is 5.10. The minimum absolute atomic E-state index is 0.0161. The summed E-state index contributed by atoms with van der Waals surface area (Å²) >= 11 is 0. The number of amides is 2. The zero-order valence-corrected chi connectivity index (χ0v) is 12.9. The number of halogens is 2. The summed E-state index contributed by atoms with van der Waals surface area (Å²) < 4.78 is 26.5. The smallest absolute Gasteiger partial charge is 0.227 e. The summed E-state index contributed by atoms with van der Waals surface area (Å²) in [5.41, 5.74) is 0.151. The second kappa shape index (κ2) is 8.71. The number of carbonyl (C=O) groups is 2. The second-order valence-electron chi connectivity index (χ2n) is 5.10. The zero-order chi connectivity index (χ0) is 17.4. The minimum Gasteiger partial charge on any atom is -0.356 e. The van der Waals surface area contributed by atoms with Crippen LogP contribution in [0.2, 0.25) is 0 Å². The molecule has 2 amide bonds. The van der Waals surface area contributed by atoms with Gasteiger partial charge in [0.25, 0.3) is 0 Å². The maximum atomic E-state index is 13.4. The maximum absolute atomic E-state index is 13.4. The zero-order valence-electron chi connectivity index (χ0n) is 12.9. The van der Waals surface area contributed by atoms with E-state index in [1.165, 1.54) is 0 Å². The molecule has 0 bridgehead atoms. The van der Waals surface area contributed by atoms with Gasteiger partial charge in [-0.3, -0.25) is 9.59 Å².